The van der Waals surface area contributed by atoms with Crippen molar-refractivity contribution in [2.24, 2.45) is 11.8 Å². The van der Waals surface area contributed by atoms with Gasteiger partial charge in [0.1, 0.15) is 5.75 Å². The number of methoxy groups -OCH3 is 2. The van der Waals surface area contributed by atoms with Gasteiger partial charge in [0.05, 0.1) is 26.0 Å². The molecule has 4 atom stereocenters. The van der Waals surface area contributed by atoms with Crippen LogP contribution in [0.3, 0.4) is 0 Å². The van der Waals surface area contributed by atoms with Crippen LogP contribution in [0, 0.1) is 11.8 Å². The number of carbonyl (C=O) groups is 1. The summed E-state index contributed by atoms with van der Waals surface area (Å²) in [7, 11) is 3.35. The van der Waals surface area contributed by atoms with Gasteiger partial charge < -0.3 is 14.8 Å². The lowest BCUT2D eigenvalue weighted by molar-refractivity contribution is 0.0997. The molecule has 0 aliphatic carbocycles. The molecule has 1 aromatic carbocycles. The molecule has 154 valence electrons. The third kappa shape index (κ3) is 4.04. The molecular formula is C23H34N2O3. The monoisotopic (exact) mass is 386 g/mol. The Morgan fingerprint density at radius 1 is 1.32 bits per heavy atom. The second-order valence-electron chi connectivity index (χ2n) is 7.93. The molecular weight excluding hydrogens is 352 g/mol. The molecule has 0 bridgehead atoms. The normalized spacial score (nSPS) is 27.9. The van der Waals surface area contributed by atoms with Crippen molar-refractivity contribution < 1.29 is 14.3 Å². The highest BCUT2D eigenvalue weighted by Crippen LogP contribution is 2.41. The highest BCUT2D eigenvalue weighted by molar-refractivity contribution is 5.88. The van der Waals surface area contributed by atoms with E-state index in [0.717, 1.165) is 44.3 Å². The van der Waals surface area contributed by atoms with Crippen LogP contribution in [0.5, 0.6) is 5.75 Å². The van der Waals surface area contributed by atoms with E-state index < -0.39 is 0 Å². The Labute approximate surface area is 169 Å². The maximum Gasteiger partial charge on any atom is 0.155 e. The van der Waals surface area contributed by atoms with Crippen LogP contribution in [0.15, 0.2) is 30.0 Å². The van der Waals surface area contributed by atoms with Gasteiger partial charge in [-0.1, -0.05) is 26.3 Å². The summed E-state index contributed by atoms with van der Waals surface area (Å²) in [6.45, 7) is 6.78. The third-order valence-corrected chi connectivity index (χ3v) is 6.62. The highest BCUT2D eigenvalue weighted by atomic mass is 16.5. The SMILES string of the molecule is CC/C(=C/OC)C1CC2C(Nc3cccc(OC)c3C=O)CCN2CC1CC. The van der Waals surface area contributed by atoms with Crippen LogP contribution in [0.1, 0.15) is 49.9 Å². The summed E-state index contributed by atoms with van der Waals surface area (Å²) in [6, 6.07) is 6.57. The Hall–Kier alpha value is -2.01. The maximum absolute atomic E-state index is 11.6. The largest absolute Gasteiger partial charge is 0.504 e. The topological polar surface area (TPSA) is 50.8 Å². The first-order valence-electron chi connectivity index (χ1n) is 10.5. The van der Waals surface area contributed by atoms with E-state index in [2.05, 4.69) is 24.1 Å². The smallest absolute Gasteiger partial charge is 0.155 e. The molecule has 5 heteroatoms. The summed E-state index contributed by atoms with van der Waals surface area (Å²) >= 11 is 0. The van der Waals surface area contributed by atoms with Gasteiger partial charge in [0.15, 0.2) is 6.29 Å². The molecule has 2 heterocycles. The quantitative estimate of drug-likeness (QED) is 0.532. The van der Waals surface area contributed by atoms with Gasteiger partial charge in [0.2, 0.25) is 0 Å². The lowest BCUT2D eigenvalue weighted by Gasteiger charge is -2.43. The third-order valence-electron chi connectivity index (χ3n) is 6.62. The number of anilines is 1. The van der Waals surface area contributed by atoms with Gasteiger partial charge in [0.25, 0.3) is 0 Å². The zero-order chi connectivity index (χ0) is 20.1. The Balaban J connectivity index is 1.81. The Morgan fingerprint density at radius 2 is 2.14 bits per heavy atom. The first kappa shape index (κ1) is 20.7. The van der Waals surface area contributed by atoms with Crippen molar-refractivity contribution in [3.05, 3.63) is 35.6 Å². The van der Waals surface area contributed by atoms with E-state index in [1.54, 1.807) is 14.2 Å². The van der Waals surface area contributed by atoms with Crippen molar-refractivity contribution in [1.29, 1.82) is 0 Å². The minimum absolute atomic E-state index is 0.340. The molecule has 1 aromatic rings. The van der Waals surface area contributed by atoms with Crippen molar-refractivity contribution in [1.82, 2.24) is 4.90 Å². The molecule has 0 saturated carbocycles. The Morgan fingerprint density at radius 3 is 2.79 bits per heavy atom. The number of allylic oxidation sites excluding steroid dienone is 1. The summed E-state index contributed by atoms with van der Waals surface area (Å²) in [5.74, 6) is 1.87. The summed E-state index contributed by atoms with van der Waals surface area (Å²) in [4.78, 5) is 14.3. The number of piperidine rings is 1. The minimum Gasteiger partial charge on any atom is -0.504 e. The maximum atomic E-state index is 11.6. The van der Waals surface area contributed by atoms with Gasteiger partial charge in [-0.15, -0.1) is 0 Å². The molecule has 4 unspecified atom stereocenters. The van der Waals surface area contributed by atoms with Gasteiger partial charge >= 0.3 is 0 Å². The lowest BCUT2D eigenvalue weighted by Crippen LogP contribution is -2.49. The van der Waals surface area contributed by atoms with E-state index >= 15 is 0 Å². The first-order chi connectivity index (χ1) is 13.7. The number of aldehydes is 1. The van der Waals surface area contributed by atoms with Gasteiger partial charge in [0, 0.05) is 30.9 Å². The molecule has 2 aliphatic heterocycles. The predicted molar refractivity (Wildman–Crippen MR) is 113 cm³/mol. The number of rotatable bonds is 8. The summed E-state index contributed by atoms with van der Waals surface area (Å²) in [5.41, 5.74) is 2.91. The number of carbonyl (C=O) groups excluding carboxylic acids is 1. The Kier molecular flexibility index (Phi) is 7.00. The van der Waals surface area contributed by atoms with Crippen LogP contribution in [0.2, 0.25) is 0 Å². The molecule has 2 fully saturated rings. The zero-order valence-corrected chi connectivity index (χ0v) is 17.6. The predicted octanol–water partition coefficient (Wildman–Crippen LogP) is 4.35. The van der Waals surface area contributed by atoms with Gasteiger partial charge in [-0.25, -0.2) is 0 Å². The average Bonchev–Trinajstić information content (AvgIpc) is 3.12. The van der Waals surface area contributed by atoms with Gasteiger partial charge in [-0.05, 0) is 48.8 Å². The van der Waals surface area contributed by atoms with Crippen LogP contribution in [0.4, 0.5) is 5.69 Å². The fourth-order valence-electron chi connectivity index (χ4n) is 5.13. The fourth-order valence-corrected chi connectivity index (χ4v) is 5.13. The summed E-state index contributed by atoms with van der Waals surface area (Å²) < 4.78 is 10.8. The van der Waals surface area contributed by atoms with Crippen LogP contribution >= 0.6 is 0 Å². The van der Waals surface area contributed by atoms with E-state index in [0.29, 0.717) is 35.2 Å². The molecule has 3 rings (SSSR count). The van der Waals surface area contributed by atoms with E-state index in [1.165, 1.54) is 12.0 Å². The van der Waals surface area contributed by atoms with Crippen molar-refractivity contribution in [2.75, 3.05) is 32.6 Å². The Bertz CT molecular complexity index is 703. The molecule has 0 radical (unpaired) electrons. The molecule has 2 saturated heterocycles. The molecule has 28 heavy (non-hydrogen) atoms. The number of hydrogen-bond acceptors (Lipinski definition) is 5. The molecule has 0 spiro atoms. The molecule has 5 nitrogen and oxygen atoms in total. The van der Waals surface area contributed by atoms with E-state index in [9.17, 15) is 4.79 Å². The standard InChI is InChI=1S/C23H34N2O3/c1-5-16-13-25-11-10-21(22(25)12-18(16)17(6-2)15-27-3)24-20-8-7-9-23(28-4)19(20)14-26/h7-9,14-16,18,21-22,24H,5-6,10-13H2,1-4H3/b17-15-. The number of benzene rings is 1. The molecule has 1 N–H and O–H groups in total. The van der Waals surface area contributed by atoms with E-state index in [1.807, 2.05) is 24.5 Å². The fraction of sp³-hybridized carbons (Fsp3) is 0.609. The number of ether oxygens (including phenoxy) is 2. The number of nitrogens with one attached hydrogen (secondary N) is 1. The van der Waals surface area contributed by atoms with Gasteiger partial charge in [-0.2, -0.15) is 0 Å². The number of hydrogen-bond donors (Lipinski definition) is 1. The van der Waals surface area contributed by atoms with Crippen molar-refractivity contribution in [3.63, 3.8) is 0 Å². The summed E-state index contributed by atoms with van der Waals surface area (Å²) in [5, 5.41) is 3.67. The number of nitrogens with zero attached hydrogens (tertiary/aromatic N) is 1. The minimum atomic E-state index is 0.340. The molecule has 2 aliphatic rings. The van der Waals surface area contributed by atoms with Crippen LogP contribution in [-0.2, 0) is 4.74 Å². The van der Waals surface area contributed by atoms with Crippen molar-refractivity contribution in [3.8, 4) is 5.75 Å². The van der Waals surface area contributed by atoms with E-state index in [-0.39, 0.29) is 0 Å². The van der Waals surface area contributed by atoms with Crippen LogP contribution in [0.25, 0.3) is 0 Å². The average molecular weight is 387 g/mol. The van der Waals surface area contributed by atoms with E-state index in [4.69, 9.17) is 9.47 Å². The zero-order valence-electron chi connectivity index (χ0n) is 17.6. The van der Waals surface area contributed by atoms with Gasteiger partial charge in [-0.3, -0.25) is 9.69 Å². The molecule has 0 amide bonds. The second kappa shape index (κ2) is 9.46. The van der Waals surface area contributed by atoms with Crippen LogP contribution in [-0.4, -0.2) is 50.6 Å². The lowest BCUT2D eigenvalue weighted by atomic mass is 9.75. The second-order valence-corrected chi connectivity index (χ2v) is 7.93. The first-order valence-corrected chi connectivity index (χ1v) is 10.5. The van der Waals surface area contributed by atoms with Crippen molar-refractivity contribution in [2.45, 2.75) is 51.6 Å². The molecule has 0 aromatic heterocycles. The highest BCUT2D eigenvalue weighted by Gasteiger charge is 2.43. The van der Waals surface area contributed by atoms with Crippen molar-refractivity contribution >= 4 is 12.0 Å². The summed E-state index contributed by atoms with van der Waals surface area (Å²) in [6.07, 6.45) is 7.32. The van der Waals surface area contributed by atoms with Crippen LogP contribution < -0.4 is 10.1 Å². The number of fused-ring (bicyclic) bond motifs is 1.